The van der Waals surface area contributed by atoms with Gasteiger partial charge in [0.05, 0.1) is 6.54 Å². The molecule has 17 heavy (non-hydrogen) atoms. The second-order valence-corrected chi connectivity index (χ2v) is 8.11. The Morgan fingerprint density at radius 2 is 2.00 bits per heavy atom. The molecule has 1 aliphatic heterocycles. The predicted octanol–water partition coefficient (Wildman–Crippen LogP) is 3.92. The van der Waals surface area contributed by atoms with Gasteiger partial charge in [0.1, 0.15) is 0 Å². The molecule has 1 rings (SSSR count). The van der Waals surface area contributed by atoms with Gasteiger partial charge in [0.2, 0.25) is 0 Å². The van der Waals surface area contributed by atoms with E-state index in [2.05, 4.69) is 51.9 Å². The number of nitrogens with zero attached hydrogens (tertiary/aromatic N) is 1. The minimum atomic E-state index is 0.409. The van der Waals surface area contributed by atoms with Gasteiger partial charge in [-0.05, 0) is 31.1 Å². The average Bonchev–Trinajstić information content (AvgIpc) is 2.46. The first-order chi connectivity index (χ1) is 7.76. The molecule has 0 aromatic carbocycles. The summed E-state index contributed by atoms with van der Waals surface area (Å²) in [6.45, 7) is 14.7. The van der Waals surface area contributed by atoms with Crippen LogP contribution in [0.5, 0.6) is 0 Å². The van der Waals surface area contributed by atoms with Gasteiger partial charge in [-0.15, -0.1) is 0 Å². The van der Waals surface area contributed by atoms with Crippen molar-refractivity contribution in [3.8, 4) is 0 Å². The van der Waals surface area contributed by atoms with Gasteiger partial charge < -0.3 is 5.32 Å². The normalized spacial score (nSPS) is 22.8. The van der Waals surface area contributed by atoms with E-state index in [9.17, 15) is 0 Å². The summed E-state index contributed by atoms with van der Waals surface area (Å²) in [5, 5.41) is 5.37. The molecule has 2 nitrogen and oxygen atoms in total. The van der Waals surface area contributed by atoms with Gasteiger partial charge >= 0.3 is 0 Å². The molecule has 0 saturated heterocycles. The first-order valence-corrected chi connectivity index (χ1v) is 7.62. The van der Waals surface area contributed by atoms with Crippen LogP contribution in [0, 0.1) is 11.3 Å². The fraction of sp³-hybridized carbons (Fsp3) is 0.929. The third-order valence-corrected chi connectivity index (χ3v) is 3.87. The van der Waals surface area contributed by atoms with E-state index in [-0.39, 0.29) is 0 Å². The molecule has 1 aliphatic rings. The Morgan fingerprint density at radius 1 is 1.35 bits per heavy atom. The van der Waals surface area contributed by atoms with Crippen molar-refractivity contribution in [1.29, 1.82) is 0 Å². The average molecular weight is 256 g/mol. The molecule has 3 heteroatoms. The van der Waals surface area contributed by atoms with Crippen molar-refractivity contribution in [2.45, 2.75) is 65.7 Å². The van der Waals surface area contributed by atoms with Gasteiger partial charge in [-0.1, -0.05) is 46.4 Å². The van der Waals surface area contributed by atoms with Crippen LogP contribution in [0.3, 0.4) is 0 Å². The first-order valence-electron chi connectivity index (χ1n) is 6.74. The number of hydrogen-bond acceptors (Lipinski definition) is 3. The van der Waals surface area contributed by atoms with Crippen LogP contribution in [-0.4, -0.2) is 23.0 Å². The standard InChI is InChI=1S/C14H28N2S/c1-10(2)7-11(3)16-13-15-9-12(17-13)8-14(4,5)6/h10-12H,7-9H2,1-6H3,(H,15,16). The molecule has 0 fully saturated rings. The summed E-state index contributed by atoms with van der Waals surface area (Å²) >= 11 is 1.93. The highest BCUT2D eigenvalue weighted by Crippen LogP contribution is 2.31. The third kappa shape index (κ3) is 6.35. The van der Waals surface area contributed by atoms with Crippen molar-refractivity contribution in [2.24, 2.45) is 16.3 Å². The summed E-state index contributed by atoms with van der Waals surface area (Å²) in [6.07, 6.45) is 2.45. The molecule has 0 aliphatic carbocycles. The van der Waals surface area contributed by atoms with E-state index >= 15 is 0 Å². The summed E-state index contributed by atoms with van der Waals surface area (Å²) in [7, 11) is 0. The third-order valence-electron chi connectivity index (χ3n) is 2.75. The van der Waals surface area contributed by atoms with E-state index in [1.807, 2.05) is 11.8 Å². The van der Waals surface area contributed by atoms with Crippen LogP contribution in [0.15, 0.2) is 4.99 Å². The lowest BCUT2D eigenvalue weighted by Gasteiger charge is -2.22. The highest BCUT2D eigenvalue weighted by molar-refractivity contribution is 8.14. The number of hydrogen-bond donors (Lipinski definition) is 1. The minimum absolute atomic E-state index is 0.409. The first kappa shape index (κ1) is 14.9. The number of aliphatic imine (C=N–C) groups is 1. The van der Waals surface area contributed by atoms with E-state index in [1.54, 1.807) is 0 Å². The lowest BCUT2D eigenvalue weighted by atomic mass is 9.90. The summed E-state index contributed by atoms with van der Waals surface area (Å²) in [5.41, 5.74) is 0.409. The Morgan fingerprint density at radius 3 is 2.53 bits per heavy atom. The Hall–Kier alpha value is -0.180. The van der Waals surface area contributed by atoms with Crippen molar-refractivity contribution in [2.75, 3.05) is 6.54 Å². The zero-order valence-corrected chi connectivity index (χ0v) is 13.0. The maximum atomic E-state index is 4.62. The second kappa shape index (κ2) is 6.12. The molecule has 1 N–H and O–H groups in total. The monoisotopic (exact) mass is 256 g/mol. The van der Waals surface area contributed by atoms with Crippen molar-refractivity contribution < 1.29 is 0 Å². The molecule has 100 valence electrons. The van der Waals surface area contributed by atoms with E-state index in [0.29, 0.717) is 16.7 Å². The predicted molar refractivity (Wildman–Crippen MR) is 79.8 cm³/mol. The van der Waals surface area contributed by atoms with E-state index in [4.69, 9.17) is 0 Å². The molecular weight excluding hydrogens is 228 g/mol. The second-order valence-electron chi connectivity index (χ2n) is 6.83. The van der Waals surface area contributed by atoms with Gasteiger partial charge in [-0.3, -0.25) is 4.99 Å². The number of thioether (sulfide) groups is 1. The van der Waals surface area contributed by atoms with Crippen molar-refractivity contribution >= 4 is 16.9 Å². The van der Waals surface area contributed by atoms with Gasteiger partial charge in [0, 0.05) is 11.3 Å². The zero-order chi connectivity index (χ0) is 13.1. The molecule has 0 radical (unpaired) electrons. The molecule has 0 bridgehead atoms. The van der Waals surface area contributed by atoms with Gasteiger partial charge in [0.25, 0.3) is 0 Å². The topological polar surface area (TPSA) is 24.4 Å². The summed E-state index contributed by atoms with van der Waals surface area (Å²) < 4.78 is 0. The Bertz CT molecular complexity index is 266. The Kier molecular flexibility index (Phi) is 5.36. The van der Waals surface area contributed by atoms with Crippen LogP contribution in [0.2, 0.25) is 0 Å². The minimum Gasteiger partial charge on any atom is -0.362 e. The number of nitrogens with one attached hydrogen (secondary N) is 1. The quantitative estimate of drug-likeness (QED) is 0.824. The summed E-state index contributed by atoms with van der Waals surface area (Å²) in [4.78, 5) is 4.62. The number of rotatable bonds is 4. The Labute approximate surface area is 111 Å². The van der Waals surface area contributed by atoms with Gasteiger partial charge in [0.15, 0.2) is 5.17 Å². The van der Waals surface area contributed by atoms with E-state index in [0.717, 1.165) is 17.6 Å². The zero-order valence-electron chi connectivity index (χ0n) is 12.2. The molecule has 0 saturated carbocycles. The molecule has 0 aromatic rings. The van der Waals surface area contributed by atoms with Crippen molar-refractivity contribution in [1.82, 2.24) is 5.32 Å². The summed E-state index contributed by atoms with van der Waals surface area (Å²) in [6, 6.07) is 0.537. The fourth-order valence-electron chi connectivity index (χ4n) is 2.26. The molecular formula is C14H28N2S. The maximum absolute atomic E-state index is 4.62. The van der Waals surface area contributed by atoms with E-state index < -0.39 is 0 Å². The summed E-state index contributed by atoms with van der Waals surface area (Å²) in [5.74, 6) is 0.745. The van der Waals surface area contributed by atoms with Crippen LogP contribution >= 0.6 is 11.8 Å². The lowest BCUT2D eigenvalue weighted by molar-refractivity contribution is 0.375. The SMILES string of the molecule is CC(C)CC(C)NC1=NCC(CC(C)(C)C)S1. The maximum Gasteiger partial charge on any atom is 0.157 e. The van der Waals surface area contributed by atoms with Gasteiger partial charge in [-0.25, -0.2) is 0 Å². The van der Waals surface area contributed by atoms with Crippen molar-refractivity contribution in [3.05, 3.63) is 0 Å². The van der Waals surface area contributed by atoms with Crippen LogP contribution in [-0.2, 0) is 0 Å². The molecule has 0 amide bonds. The van der Waals surface area contributed by atoms with Crippen LogP contribution in [0.4, 0.5) is 0 Å². The lowest BCUT2D eigenvalue weighted by Crippen LogP contribution is -2.31. The molecule has 2 unspecified atom stereocenters. The molecule has 0 spiro atoms. The highest BCUT2D eigenvalue weighted by Gasteiger charge is 2.25. The molecule has 0 aromatic heterocycles. The van der Waals surface area contributed by atoms with Crippen LogP contribution < -0.4 is 5.32 Å². The van der Waals surface area contributed by atoms with Gasteiger partial charge in [-0.2, -0.15) is 0 Å². The number of amidine groups is 1. The van der Waals surface area contributed by atoms with Crippen LogP contribution in [0.25, 0.3) is 0 Å². The van der Waals surface area contributed by atoms with Crippen molar-refractivity contribution in [3.63, 3.8) is 0 Å². The Balaban J connectivity index is 2.30. The van der Waals surface area contributed by atoms with Crippen LogP contribution in [0.1, 0.15) is 54.4 Å². The smallest absolute Gasteiger partial charge is 0.157 e. The largest absolute Gasteiger partial charge is 0.362 e. The molecule has 2 atom stereocenters. The highest BCUT2D eigenvalue weighted by atomic mass is 32.2. The molecule has 1 heterocycles. The fourth-order valence-corrected chi connectivity index (χ4v) is 3.73. The van der Waals surface area contributed by atoms with E-state index in [1.165, 1.54) is 12.8 Å².